The van der Waals surface area contributed by atoms with Gasteiger partial charge < -0.3 is 19.0 Å². The first-order chi connectivity index (χ1) is 13.1. The molecule has 0 bridgehead atoms. The number of hydrogen-bond donors (Lipinski definition) is 1. The van der Waals surface area contributed by atoms with Crippen LogP contribution in [0.2, 0.25) is 0 Å². The van der Waals surface area contributed by atoms with Crippen LogP contribution in [0.4, 0.5) is 0 Å². The molecule has 6 nitrogen and oxygen atoms in total. The summed E-state index contributed by atoms with van der Waals surface area (Å²) in [4.78, 5) is 23.2. The average Bonchev–Trinajstić information content (AvgIpc) is 2.67. The van der Waals surface area contributed by atoms with Crippen molar-refractivity contribution < 1.29 is 23.8 Å². The number of aliphatic carboxylic acids is 1. The smallest absolute Gasteiger partial charge is 0.303 e. The number of carbonyl (C=O) groups is 1. The fourth-order valence-electron chi connectivity index (χ4n) is 2.68. The first-order valence-electron chi connectivity index (χ1n) is 8.74. The third-order valence-electron chi connectivity index (χ3n) is 4.09. The van der Waals surface area contributed by atoms with Gasteiger partial charge in [0.15, 0.2) is 0 Å². The summed E-state index contributed by atoms with van der Waals surface area (Å²) in [5.41, 5.74) is 1.12. The monoisotopic (exact) mass is 368 g/mol. The molecule has 1 heterocycles. The number of aryl methyl sites for hydroxylation is 1. The lowest BCUT2D eigenvalue weighted by Crippen LogP contribution is -2.06. The van der Waals surface area contributed by atoms with E-state index >= 15 is 0 Å². The molecule has 0 saturated heterocycles. The van der Waals surface area contributed by atoms with Crippen molar-refractivity contribution in [2.45, 2.75) is 26.2 Å². The zero-order valence-corrected chi connectivity index (χ0v) is 14.9. The summed E-state index contributed by atoms with van der Waals surface area (Å²) >= 11 is 0. The molecule has 3 aromatic rings. The number of para-hydroxylation sites is 1. The molecule has 0 aliphatic heterocycles. The second-order valence-electron chi connectivity index (χ2n) is 6.00. The Morgan fingerprint density at radius 3 is 2.74 bits per heavy atom. The molecule has 1 aromatic heterocycles. The van der Waals surface area contributed by atoms with Crippen molar-refractivity contribution in [3.8, 4) is 17.2 Å². The first-order valence-corrected chi connectivity index (χ1v) is 8.74. The Morgan fingerprint density at radius 1 is 1.15 bits per heavy atom. The third-order valence-corrected chi connectivity index (χ3v) is 4.09. The largest absolute Gasteiger partial charge is 0.493 e. The molecule has 0 fully saturated rings. The molecule has 27 heavy (non-hydrogen) atoms. The van der Waals surface area contributed by atoms with Crippen LogP contribution in [-0.4, -0.2) is 17.7 Å². The van der Waals surface area contributed by atoms with Crippen molar-refractivity contribution >= 4 is 16.9 Å². The number of benzene rings is 2. The molecular weight excluding hydrogens is 348 g/mol. The topological polar surface area (TPSA) is 86.0 Å². The minimum Gasteiger partial charge on any atom is -0.493 e. The molecule has 0 saturated carbocycles. The highest BCUT2D eigenvalue weighted by Crippen LogP contribution is 2.26. The van der Waals surface area contributed by atoms with E-state index in [2.05, 4.69) is 0 Å². The first kappa shape index (κ1) is 18.5. The Labute approximate surface area is 156 Å². The fourth-order valence-corrected chi connectivity index (χ4v) is 2.68. The lowest BCUT2D eigenvalue weighted by molar-refractivity contribution is -0.137. The van der Waals surface area contributed by atoms with E-state index in [9.17, 15) is 9.59 Å². The summed E-state index contributed by atoms with van der Waals surface area (Å²) in [6.07, 6.45) is 2.53. The molecular formula is C21H20O6. The number of ether oxygens (including phenoxy) is 2. The predicted molar refractivity (Wildman–Crippen MR) is 101 cm³/mol. The lowest BCUT2D eigenvalue weighted by Gasteiger charge is -2.10. The molecule has 0 aliphatic carbocycles. The summed E-state index contributed by atoms with van der Waals surface area (Å²) in [7, 11) is 0. The Morgan fingerprint density at radius 2 is 1.96 bits per heavy atom. The van der Waals surface area contributed by atoms with Gasteiger partial charge in [-0.3, -0.25) is 9.59 Å². The van der Waals surface area contributed by atoms with Crippen LogP contribution in [0, 0.1) is 0 Å². The molecule has 0 spiro atoms. The molecule has 6 heteroatoms. The minimum atomic E-state index is -0.861. The zero-order valence-electron chi connectivity index (χ0n) is 14.9. The average molecular weight is 368 g/mol. The van der Waals surface area contributed by atoms with Gasteiger partial charge in [-0.15, -0.1) is 0 Å². The van der Waals surface area contributed by atoms with Crippen LogP contribution in [0.1, 0.15) is 25.3 Å². The Bertz CT molecular complexity index is 1000. The van der Waals surface area contributed by atoms with Gasteiger partial charge in [0.2, 0.25) is 11.2 Å². The summed E-state index contributed by atoms with van der Waals surface area (Å²) in [6, 6.07) is 12.4. The summed E-state index contributed by atoms with van der Waals surface area (Å²) < 4.78 is 16.8. The molecule has 0 aliphatic rings. The lowest BCUT2D eigenvalue weighted by atomic mass is 10.1. The standard InChI is InChI=1S/C21H20O6/c1-2-14-6-3-4-7-17(14)27-19-13-26-18-12-15(9-10-16(18)21(19)24)25-11-5-8-20(22)23/h3-4,6-7,9-10,12-13H,2,5,8,11H2,1H3,(H,22,23). The van der Waals surface area contributed by atoms with Crippen molar-refractivity contribution in [1.29, 1.82) is 0 Å². The normalized spacial score (nSPS) is 10.7. The van der Waals surface area contributed by atoms with Gasteiger partial charge in [-0.2, -0.15) is 0 Å². The zero-order chi connectivity index (χ0) is 19.2. The highest BCUT2D eigenvalue weighted by atomic mass is 16.5. The second kappa shape index (κ2) is 8.40. The fraction of sp³-hybridized carbons (Fsp3) is 0.238. The van der Waals surface area contributed by atoms with Crippen LogP contribution in [0.15, 0.2) is 57.9 Å². The Balaban J connectivity index is 1.80. The molecule has 2 aromatic carbocycles. The van der Waals surface area contributed by atoms with E-state index in [0.717, 1.165) is 12.0 Å². The van der Waals surface area contributed by atoms with Crippen molar-refractivity contribution in [2.75, 3.05) is 6.61 Å². The summed E-state index contributed by atoms with van der Waals surface area (Å²) in [5.74, 6) is 0.407. The highest BCUT2D eigenvalue weighted by Gasteiger charge is 2.12. The Hall–Kier alpha value is -3.28. The van der Waals surface area contributed by atoms with Gasteiger partial charge in [-0.1, -0.05) is 25.1 Å². The van der Waals surface area contributed by atoms with E-state index in [1.165, 1.54) is 6.26 Å². The van der Waals surface area contributed by atoms with Crippen molar-refractivity contribution in [3.05, 3.63) is 64.5 Å². The van der Waals surface area contributed by atoms with Crippen LogP contribution >= 0.6 is 0 Å². The molecule has 140 valence electrons. The number of fused-ring (bicyclic) bond motifs is 1. The molecule has 0 radical (unpaired) electrons. The van der Waals surface area contributed by atoms with E-state index < -0.39 is 5.97 Å². The maximum absolute atomic E-state index is 12.7. The third kappa shape index (κ3) is 4.47. The predicted octanol–water partition coefficient (Wildman–Crippen LogP) is 4.39. The van der Waals surface area contributed by atoms with Gasteiger partial charge in [0.25, 0.3) is 0 Å². The van der Waals surface area contributed by atoms with E-state index in [4.69, 9.17) is 19.0 Å². The van der Waals surface area contributed by atoms with E-state index in [-0.39, 0.29) is 24.2 Å². The van der Waals surface area contributed by atoms with Crippen LogP contribution in [0.25, 0.3) is 11.0 Å². The van der Waals surface area contributed by atoms with Crippen LogP contribution in [0.3, 0.4) is 0 Å². The van der Waals surface area contributed by atoms with Gasteiger partial charge in [0, 0.05) is 12.5 Å². The molecule has 1 N–H and O–H groups in total. The number of hydrogen-bond acceptors (Lipinski definition) is 5. The van der Waals surface area contributed by atoms with Crippen molar-refractivity contribution in [2.24, 2.45) is 0 Å². The van der Waals surface area contributed by atoms with Crippen molar-refractivity contribution in [1.82, 2.24) is 0 Å². The maximum Gasteiger partial charge on any atom is 0.303 e. The summed E-state index contributed by atoms with van der Waals surface area (Å²) in [6.45, 7) is 2.29. The van der Waals surface area contributed by atoms with Crippen LogP contribution in [0.5, 0.6) is 17.2 Å². The van der Waals surface area contributed by atoms with Crippen molar-refractivity contribution in [3.63, 3.8) is 0 Å². The van der Waals surface area contributed by atoms with Gasteiger partial charge >= 0.3 is 5.97 Å². The van der Waals surface area contributed by atoms with Crippen LogP contribution in [-0.2, 0) is 11.2 Å². The van der Waals surface area contributed by atoms with E-state index in [0.29, 0.717) is 28.9 Å². The number of carboxylic acids is 1. The second-order valence-corrected chi connectivity index (χ2v) is 6.00. The van der Waals surface area contributed by atoms with Gasteiger partial charge in [-0.25, -0.2) is 0 Å². The van der Waals surface area contributed by atoms with Gasteiger partial charge in [0.05, 0.1) is 12.0 Å². The van der Waals surface area contributed by atoms with Gasteiger partial charge in [0.1, 0.15) is 23.3 Å². The van der Waals surface area contributed by atoms with E-state index in [1.807, 2.05) is 31.2 Å². The maximum atomic E-state index is 12.7. The molecule has 0 unspecified atom stereocenters. The molecule has 3 rings (SSSR count). The van der Waals surface area contributed by atoms with E-state index in [1.54, 1.807) is 18.2 Å². The SMILES string of the molecule is CCc1ccccc1Oc1coc2cc(OCCCC(=O)O)ccc2c1=O. The highest BCUT2D eigenvalue weighted by molar-refractivity contribution is 5.79. The summed E-state index contributed by atoms with van der Waals surface area (Å²) in [5, 5.41) is 9.02. The van der Waals surface area contributed by atoms with Crippen LogP contribution < -0.4 is 14.9 Å². The number of rotatable bonds is 8. The Kier molecular flexibility index (Phi) is 5.76. The number of carboxylic acid groups (broad SMARTS) is 1. The molecule has 0 amide bonds. The van der Waals surface area contributed by atoms with Gasteiger partial charge in [-0.05, 0) is 36.6 Å². The quantitative estimate of drug-likeness (QED) is 0.594. The molecule has 0 atom stereocenters. The minimum absolute atomic E-state index is 0.0442.